The zero-order chi connectivity index (χ0) is 59.2. The number of esters is 1. The molecular weight excluding hydrogens is 999 g/mol. The van der Waals surface area contributed by atoms with Crippen LogP contribution >= 0.6 is 0 Å². The highest BCUT2D eigenvalue weighted by molar-refractivity contribution is 5.99. The van der Waals surface area contributed by atoms with Crippen LogP contribution in [0.3, 0.4) is 0 Å². The van der Waals surface area contributed by atoms with Crippen LogP contribution in [0.1, 0.15) is 136 Å². The summed E-state index contributed by atoms with van der Waals surface area (Å²) >= 11 is 0. The predicted molar refractivity (Wildman–Crippen MR) is 287 cm³/mol. The molecule has 0 aromatic heterocycles. The fraction of sp³-hybridized carbons (Fsp3) is 0.736. The molecule has 24 nitrogen and oxygen atoms in total. The van der Waals surface area contributed by atoms with E-state index in [2.05, 4.69) is 47.9 Å². The standard InChI is InChI=1S/C53H91N11O13/c1-18-20-21-31(11)24-38-47(70)58-36(19-2)46(69)55-26-41(67)64(17)44(34(14)77-35(15)65)52(75)62-42(29(7)8)50(73)54-25-40(66)56-32(12)45(68)57-33(13)53(76)63(16)39(23-28(5)6)49(72)59-37(22-27(3)4)48(71)61-43(30(9)10)51(74)60-38/h18,20,27-34,36-39,42-44H,19,21-26H2,1-17H3,(H,54,73)(H,55,69)(H,56,66)(H,57,68)(H,58,70)(H,59,72)(H,60,74)(H,61,71)(H,62,75)/b20-18+/t31-,32+,33-,34-,36+,37+,38?,39-,42?,43?,44?/m1/s1. The van der Waals surface area contributed by atoms with Crippen LogP contribution in [-0.2, 0) is 62.3 Å². The van der Waals surface area contributed by atoms with Gasteiger partial charge in [-0.3, -0.25) is 57.5 Å². The fourth-order valence-corrected chi connectivity index (χ4v) is 8.50. The molecule has 436 valence electrons. The molecule has 0 aliphatic carbocycles. The lowest BCUT2D eigenvalue weighted by molar-refractivity contribution is -0.156. The molecule has 1 rings (SSSR count). The van der Waals surface area contributed by atoms with Gasteiger partial charge in [0.2, 0.25) is 65.0 Å². The monoisotopic (exact) mass is 1090 g/mol. The number of hydrogen-bond acceptors (Lipinski definition) is 13. The molecule has 1 aliphatic heterocycles. The van der Waals surface area contributed by atoms with Crippen molar-refractivity contribution in [1.82, 2.24) is 57.7 Å². The molecule has 0 radical (unpaired) electrons. The largest absolute Gasteiger partial charge is 0.460 e. The molecule has 1 saturated heterocycles. The maximum Gasteiger partial charge on any atom is 0.302 e. The van der Waals surface area contributed by atoms with Crippen LogP contribution < -0.4 is 47.9 Å². The quantitative estimate of drug-likeness (QED) is 0.0873. The molecular formula is C53H91N11O13. The van der Waals surface area contributed by atoms with Gasteiger partial charge in [-0.2, -0.15) is 0 Å². The summed E-state index contributed by atoms with van der Waals surface area (Å²) in [4.78, 5) is 167. The van der Waals surface area contributed by atoms with Crippen molar-refractivity contribution >= 4 is 70.9 Å². The highest BCUT2D eigenvalue weighted by Crippen LogP contribution is 2.17. The minimum Gasteiger partial charge on any atom is -0.460 e. The van der Waals surface area contributed by atoms with Gasteiger partial charge in [0.25, 0.3) is 0 Å². The molecule has 0 aromatic carbocycles. The second kappa shape index (κ2) is 32.8. The number of carbonyl (C=O) groups excluding carboxylic acids is 12. The first-order valence-electron chi connectivity index (χ1n) is 26.8. The average molecular weight is 1090 g/mol. The Morgan fingerprint density at radius 1 is 0.571 bits per heavy atom. The normalized spacial score (nSPS) is 26.5. The summed E-state index contributed by atoms with van der Waals surface area (Å²) < 4.78 is 5.31. The van der Waals surface area contributed by atoms with E-state index < -0.39 is 156 Å². The zero-order valence-corrected chi connectivity index (χ0v) is 48.5. The number of hydrogen-bond donors (Lipinski definition) is 9. The number of allylic oxidation sites excluding steroid dienone is 2. The van der Waals surface area contributed by atoms with Crippen molar-refractivity contribution in [2.45, 2.75) is 196 Å². The van der Waals surface area contributed by atoms with E-state index in [0.717, 1.165) is 11.8 Å². The van der Waals surface area contributed by atoms with Gasteiger partial charge in [-0.15, -0.1) is 0 Å². The summed E-state index contributed by atoms with van der Waals surface area (Å²) in [5.74, 6) is -10.8. The van der Waals surface area contributed by atoms with Gasteiger partial charge >= 0.3 is 5.97 Å². The average Bonchev–Trinajstić information content (AvgIpc) is 3.33. The van der Waals surface area contributed by atoms with Gasteiger partial charge in [0.05, 0.1) is 13.1 Å². The topological polar surface area (TPSA) is 329 Å². The van der Waals surface area contributed by atoms with Gasteiger partial charge in [0.1, 0.15) is 60.5 Å². The van der Waals surface area contributed by atoms with E-state index in [4.69, 9.17) is 4.74 Å². The van der Waals surface area contributed by atoms with Gasteiger partial charge in [-0.05, 0) is 89.4 Å². The lowest BCUT2D eigenvalue weighted by atomic mass is 9.95. The Bertz CT molecular complexity index is 2110. The van der Waals surface area contributed by atoms with Crippen LogP contribution in [0.2, 0.25) is 0 Å². The van der Waals surface area contributed by atoms with Crippen LogP contribution in [-0.4, -0.2) is 168 Å². The van der Waals surface area contributed by atoms with Crippen molar-refractivity contribution in [2.24, 2.45) is 29.6 Å². The Balaban J connectivity index is 3.93. The highest BCUT2D eigenvalue weighted by atomic mass is 16.5. The van der Waals surface area contributed by atoms with Gasteiger partial charge in [-0.25, -0.2) is 0 Å². The third-order valence-electron chi connectivity index (χ3n) is 12.9. The predicted octanol–water partition coefficient (Wildman–Crippen LogP) is 0.0780. The number of amides is 11. The van der Waals surface area contributed by atoms with Crippen LogP contribution in [0.25, 0.3) is 0 Å². The van der Waals surface area contributed by atoms with Crippen LogP contribution in [0.15, 0.2) is 12.2 Å². The Kier molecular flexibility index (Phi) is 29.2. The summed E-state index contributed by atoms with van der Waals surface area (Å²) in [6.45, 7) is 23.1. The molecule has 0 bridgehead atoms. The maximum absolute atomic E-state index is 14.3. The van der Waals surface area contributed by atoms with E-state index in [1.54, 1.807) is 34.6 Å². The van der Waals surface area contributed by atoms with Gasteiger partial charge in [0.15, 0.2) is 0 Å². The van der Waals surface area contributed by atoms with Crippen molar-refractivity contribution < 1.29 is 62.3 Å². The van der Waals surface area contributed by atoms with Gasteiger partial charge < -0.3 is 62.4 Å². The number of ether oxygens (including phenoxy) is 1. The molecule has 0 aromatic rings. The number of nitrogens with one attached hydrogen (secondary N) is 9. The molecule has 9 N–H and O–H groups in total. The smallest absolute Gasteiger partial charge is 0.302 e. The Hall–Kier alpha value is -6.62. The minimum atomic E-state index is -1.55. The highest BCUT2D eigenvalue weighted by Gasteiger charge is 2.39. The summed E-state index contributed by atoms with van der Waals surface area (Å²) in [7, 11) is 2.62. The van der Waals surface area contributed by atoms with E-state index in [1.165, 1.54) is 39.8 Å². The summed E-state index contributed by atoms with van der Waals surface area (Å²) in [5, 5.41) is 23.5. The number of rotatable bonds is 13. The van der Waals surface area contributed by atoms with E-state index in [1.807, 2.05) is 53.7 Å². The van der Waals surface area contributed by atoms with Gasteiger partial charge in [-0.1, -0.05) is 81.4 Å². The van der Waals surface area contributed by atoms with Gasteiger partial charge in [0, 0.05) is 21.0 Å². The van der Waals surface area contributed by atoms with Crippen LogP contribution in [0, 0.1) is 29.6 Å². The third kappa shape index (κ3) is 22.9. The maximum atomic E-state index is 14.3. The molecule has 1 fully saturated rings. The molecule has 1 aliphatic rings. The summed E-state index contributed by atoms with van der Waals surface area (Å²) in [6, 6.07) is -11.3. The van der Waals surface area contributed by atoms with E-state index in [9.17, 15) is 57.5 Å². The molecule has 0 spiro atoms. The van der Waals surface area contributed by atoms with E-state index >= 15 is 0 Å². The number of likely N-dealkylation sites (N-methyl/N-ethyl adjacent to an activating group) is 2. The van der Waals surface area contributed by atoms with Crippen LogP contribution in [0.4, 0.5) is 0 Å². The number of carbonyl (C=O) groups is 12. The van der Waals surface area contributed by atoms with Crippen molar-refractivity contribution in [3.63, 3.8) is 0 Å². The molecule has 11 atom stereocenters. The third-order valence-corrected chi connectivity index (χ3v) is 12.9. The summed E-state index contributed by atoms with van der Waals surface area (Å²) in [6.07, 6.45) is 3.43. The molecule has 1 heterocycles. The summed E-state index contributed by atoms with van der Waals surface area (Å²) in [5.41, 5.74) is 0. The van der Waals surface area contributed by atoms with Crippen molar-refractivity contribution in [3.8, 4) is 0 Å². The minimum absolute atomic E-state index is 0.0356. The van der Waals surface area contributed by atoms with Crippen molar-refractivity contribution in [2.75, 3.05) is 27.2 Å². The zero-order valence-electron chi connectivity index (χ0n) is 48.5. The molecule has 4 unspecified atom stereocenters. The van der Waals surface area contributed by atoms with Crippen molar-refractivity contribution in [1.29, 1.82) is 0 Å². The Labute approximate surface area is 455 Å². The molecule has 0 saturated carbocycles. The first kappa shape index (κ1) is 68.4. The Morgan fingerprint density at radius 2 is 1.08 bits per heavy atom. The second-order valence-corrected chi connectivity index (χ2v) is 21.6. The lowest BCUT2D eigenvalue weighted by Crippen LogP contribution is -2.61. The van der Waals surface area contributed by atoms with E-state index in [0.29, 0.717) is 6.42 Å². The first-order valence-corrected chi connectivity index (χ1v) is 26.8. The molecule has 77 heavy (non-hydrogen) atoms. The first-order chi connectivity index (χ1) is 35.8. The second-order valence-electron chi connectivity index (χ2n) is 21.6. The Morgan fingerprint density at radius 3 is 1.61 bits per heavy atom. The fourth-order valence-electron chi connectivity index (χ4n) is 8.50. The SMILES string of the molecule is C/C=C/C[C@@H](C)CC1NC(=O)C(C(C)C)NC(=O)[C@H](CC(C)C)NC(=O)[C@@H](CC(C)C)N(C)C(=O)[C@@H](C)NC(=O)[C@H](C)NC(=O)CNC(=O)C(C(C)C)NC(=O)C([C@@H](C)OC(C)=O)N(C)C(=O)CNC(=O)[C@H](CC)NC1=O. The number of nitrogens with zero attached hydrogens (tertiary/aromatic N) is 2. The lowest BCUT2D eigenvalue weighted by Gasteiger charge is -2.33. The van der Waals surface area contributed by atoms with Crippen LogP contribution in [0.5, 0.6) is 0 Å². The van der Waals surface area contributed by atoms with E-state index in [-0.39, 0.29) is 43.4 Å². The molecule has 11 amide bonds. The van der Waals surface area contributed by atoms with Crippen molar-refractivity contribution in [3.05, 3.63) is 12.2 Å². The molecule has 24 heteroatoms.